The number of piperidine rings is 1. The highest BCUT2D eigenvalue weighted by Gasteiger charge is 2.55. The fraction of sp³-hybridized carbons (Fsp3) is 0.579. The fourth-order valence-electron chi connectivity index (χ4n) is 4.69. The maximum Gasteiger partial charge on any atom is 0.327 e. The standard InChI is InChI=1S/C19H25FN4O2/c1-21-17(25)19(22(2)18(21)26)8-11-23(12-9-19)16-7-10-24(13-16)15-5-3-14(20)4-6-15/h3-6,16H,7-13H2,1-2H3/t16-/m0/s1. The van der Waals surface area contributed by atoms with Crippen molar-refractivity contribution >= 4 is 17.6 Å². The van der Waals surface area contributed by atoms with Crippen molar-refractivity contribution in [3.05, 3.63) is 30.1 Å². The van der Waals surface area contributed by atoms with Gasteiger partial charge in [-0.15, -0.1) is 0 Å². The van der Waals surface area contributed by atoms with Crippen LogP contribution in [0, 0.1) is 5.82 Å². The largest absolute Gasteiger partial charge is 0.370 e. The van der Waals surface area contributed by atoms with Gasteiger partial charge >= 0.3 is 6.03 Å². The highest BCUT2D eigenvalue weighted by Crippen LogP contribution is 2.37. The summed E-state index contributed by atoms with van der Waals surface area (Å²) in [6.45, 7) is 3.51. The summed E-state index contributed by atoms with van der Waals surface area (Å²) in [6, 6.07) is 6.90. The van der Waals surface area contributed by atoms with Crippen LogP contribution in [0.25, 0.3) is 0 Å². The van der Waals surface area contributed by atoms with Gasteiger partial charge in [0, 0.05) is 52.0 Å². The van der Waals surface area contributed by atoms with Crippen molar-refractivity contribution in [1.29, 1.82) is 0 Å². The molecule has 0 aromatic heterocycles. The number of likely N-dealkylation sites (N-methyl/N-ethyl adjacent to an activating group) is 2. The van der Waals surface area contributed by atoms with Gasteiger partial charge in [0.15, 0.2) is 0 Å². The molecule has 3 aliphatic heterocycles. The molecule has 0 aliphatic carbocycles. The number of hydrogen-bond donors (Lipinski definition) is 0. The summed E-state index contributed by atoms with van der Waals surface area (Å²) in [6.07, 6.45) is 2.43. The summed E-state index contributed by atoms with van der Waals surface area (Å²) in [5.41, 5.74) is 0.401. The van der Waals surface area contributed by atoms with Crippen molar-refractivity contribution in [2.24, 2.45) is 0 Å². The third kappa shape index (κ3) is 2.57. The molecule has 0 radical (unpaired) electrons. The lowest BCUT2D eigenvalue weighted by Crippen LogP contribution is -2.57. The number of benzene rings is 1. The molecule has 3 fully saturated rings. The molecule has 3 saturated heterocycles. The number of carbonyl (C=O) groups is 2. The SMILES string of the molecule is CN1C(=O)N(C)C2(CCN([C@H]3CCN(c4ccc(F)cc4)C3)CC2)C1=O. The van der Waals surface area contributed by atoms with E-state index >= 15 is 0 Å². The Bertz CT molecular complexity index is 715. The molecule has 3 amide bonds. The van der Waals surface area contributed by atoms with E-state index in [9.17, 15) is 14.0 Å². The lowest BCUT2D eigenvalue weighted by Gasteiger charge is -2.42. The van der Waals surface area contributed by atoms with Gasteiger partial charge in [-0.25, -0.2) is 9.18 Å². The van der Waals surface area contributed by atoms with Gasteiger partial charge in [-0.3, -0.25) is 14.6 Å². The van der Waals surface area contributed by atoms with Gasteiger partial charge in [0.25, 0.3) is 5.91 Å². The van der Waals surface area contributed by atoms with Crippen LogP contribution in [0.5, 0.6) is 0 Å². The first kappa shape index (κ1) is 17.3. The van der Waals surface area contributed by atoms with E-state index in [2.05, 4.69) is 9.80 Å². The average molecular weight is 360 g/mol. The highest BCUT2D eigenvalue weighted by atomic mass is 19.1. The van der Waals surface area contributed by atoms with Crippen molar-refractivity contribution in [3.63, 3.8) is 0 Å². The number of nitrogens with zero attached hydrogens (tertiary/aromatic N) is 4. The van der Waals surface area contributed by atoms with E-state index in [1.165, 1.54) is 17.0 Å². The first-order valence-corrected chi connectivity index (χ1v) is 9.23. The fourth-order valence-corrected chi connectivity index (χ4v) is 4.69. The van der Waals surface area contributed by atoms with Gasteiger partial charge in [0.2, 0.25) is 0 Å². The van der Waals surface area contributed by atoms with Crippen LogP contribution in [0.4, 0.5) is 14.9 Å². The number of anilines is 1. The second kappa shape index (κ2) is 6.23. The van der Waals surface area contributed by atoms with Crippen LogP contribution in [0.15, 0.2) is 24.3 Å². The van der Waals surface area contributed by atoms with Crippen molar-refractivity contribution in [1.82, 2.24) is 14.7 Å². The van der Waals surface area contributed by atoms with Gasteiger partial charge in [-0.05, 0) is 43.5 Å². The van der Waals surface area contributed by atoms with E-state index in [0.29, 0.717) is 18.9 Å². The normalized spacial score (nSPS) is 26.4. The molecule has 140 valence electrons. The van der Waals surface area contributed by atoms with Crippen LogP contribution in [-0.4, -0.2) is 78.5 Å². The Morgan fingerprint density at radius 3 is 2.27 bits per heavy atom. The number of halogens is 1. The molecule has 4 rings (SSSR count). The molecule has 0 bridgehead atoms. The van der Waals surface area contributed by atoms with E-state index in [4.69, 9.17) is 0 Å². The number of amides is 3. The van der Waals surface area contributed by atoms with E-state index < -0.39 is 5.54 Å². The lowest BCUT2D eigenvalue weighted by molar-refractivity contribution is -0.134. The number of hydrogen-bond acceptors (Lipinski definition) is 4. The van der Waals surface area contributed by atoms with E-state index in [-0.39, 0.29) is 17.8 Å². The molecule has 0 unspecified atom stereocenters. The molecule has 6 nitrogen and oxygen atoms in total. The van der Waals surface area contributed by atoms with Crippen molar-refractivity contribution < 1.29 is 14.0 Å². The van der Waals surface area contributed by atoms with Crippen LogP contribution in [-0.2, 0) is 4.79 Å². The number of rotatable bonds is 2. The predicted octanol–water partition coefficient (Wildman–Crippen LogP) is 1.76. The van der Waals surface area contributed by atoms with E-state index in [0.717, 1.165) is 38.3 Å². The Balaban J connectivity index is 1.39. The quantitative estimate of drug-likeness (QED) is 0.754. The summed E-state index contributed by atoms with van der Waals surface area (Å²) in [7, 11) is 3.31. The molecule has 7 heteroatoms. The summed E-state index contributed by atoms with van der Waals surface area (Å²) in [5, 5.41) is 0. The topological polar surface area (TPSA) is 47.1 Å². The number of carbonyl (C=O) groups excluding carboxylic acids is 2. The summed E-state index contributed by atoms with van der Waals surface area (Å²) in [5.74, 6) is -0.278. The van der Waals surface area contributed by atoms with E-state index in [1.807, 2.05) is 12.1 Å². The minimum Gasteiger partial charge on any atom is -0.370 e. The maximum atomic E-state index is 13.1. The molecule has 1 aromatic carbocycles. The smallest absolute Gasteiger partial charge is 0.327 e. The maximum absolute atomic E-state index is 13.1. The molecule has 1 spiro atoms. The molecule has 1 atom stereocenters. The number of urea groups is 1. The Kier molecular flexibility index (Phi) is 4.14. The number of likely N-dealkylation sites (tertiary alicyclic amines) is 1. The van der Waals surface area contributed by atoms with Gasteiger partial charge in [0.05, 0.1) is 0 Å². The Hall–Kier alpha value is -2.15. The first-order valence-electron chi connectivity index (χ1n) is 9.23. The molecule has 0 N–H and O–H groups in total. The van der Waals surface area contributed by atoms with Crippen LogP contribution in [0.2, 0.25) is 0 Å². The lowest BCUT2D eigenvalue weighted by atomic mass is 9.85. The predicted molar refractivity (Wildman–Crippen MR) is 96.5 cm³/mol. The van der Waals surface area contributed by atoms with E-state index in [1.54, 1.807) is 19.0 Å². The third-order valence-electron chi connectivity index (χ3n) is 6.42. The summed E-state index contributed by atoms with van der Waals surface area (Å²) < 4.78 is 13.1. The zero-order chi connectivity index (χ0) is 18.5. The monoisotopic (exact) mass is 360 g/mol. The van der Waals surface area contributed by atoms with Crippen LogP contribution in [0.3, 0.4) is 0 Å². The zero-order valence-corrected chi connectivity index (χ0v) is 15.3. The molecule has 0 saturated carbocycles. The Morgan fingerprint density at radius 2 is 1.69 bits per heavy atom. The van der Waals surface area contributed by atoms with Gasteiger partial charge in [0.1, 0.15) is 11.4 Å². The summed E-state index contributed by atoms with van der Waals surface area (Å²) >= 11 is 0. The second-order valence-electron chi connectivity index (χ2n) is 7.64. The average Bonchev–Trinajstić information content (AvgIpc) is 3.20. The van der Waals surface area contributed by atoms with Crippen molar-refractivity contribution in [2.75, 3.05) is 45.2 Å². The first-order chi connectivity index (χ1) is 12.4. The highest BCUT2D eigenvalue weighted by molar-refractivity contribution is 6.06. The van der Waals surface area contributed by atoms with Crippen LogP contribution in [0.1, 0.15) is 19.3 Å². The molecule has 3 heterocycles. The minimum atomic E-state index is -0.655. The number of imide groups is 1. The van der Waals surface area contributed by atoms with Gasteiger partial charge < -0.3 is 9.80 Å². The van der Waals surface area contributed by atoms with Crippen LogP contribution >= 0.6 is 0 Å². The van der Waals surface area contributed by atoms with Crippen LogP contribution < -0.4 is 4.90 Å². The molecular weight excluding hydrogens is 335 g/mol. The molecule has 3 aliphatic rings. The van der Waals surface area contributed by atoms with Crippen molar-refractivity contribution in [2.45, 2.75) is 30.8 Å². The summed E-state index contributed by atoms with van der Waals surface area (Å²) in [4.78, 5) is 32.4. The third-order valence-corrected chi connectivity index (χ3v) is 6.42. The van der Waals surface area contributed by atoms with Crippen molar-refractivity contribution in [3.8, 4) is 0 Å². The zero-order valence-electron chi connectivity index (χ0n) is 15.3. The van der Waals surface area contributed by atoms with Gasteiger partial charge in [-0.2, -0.15) is 0 Å². The second-order valence-corrected chi connectivity index (χ2v) is 7.64. The molecule has 26 heavy (non-hydrogen) atoms. The minimum absolute atomic E-state index is 0.0657. The molecule has 1 aromatic rings. The van der Waals surface area contributed by atoms with Gasteiger partial charge in [-0.1, -0.05) is 0 Å². The Morgan fingerprint density at radius 1 is 1.04 bits per heavy atom. The molecular formula is C19H25FN4O2. The Labute approximate surface area is 153 Å².